The number of nitrogens with one attached hydrogen (secondary N) is 1. The molecular weight excluding hydrogens is 214 g/mol. The molecule has 86 valence electrons. The molecule has 0 radical (unpaired) electrons. The first-order valence-corrected chi connectivity index (χ1v) is 5.66. The summed E-state index contributed by atoms with van der Waals surface area (Å²) in [6.45, 7) is 2.41. The molecule has 2 aliphatic heterocycles. The molecule has 1 aromatic rings. The smallest absolute Gasteiger partial charge is 0.250 e. The first kappa shape index (κ1) is 10.1. The highest BCUT2D eigenvalue weighted by Gasteiger charge is 2.34. The molecular formula is C13H13N3O. The second-order valence-corrected chi connectivity index (χ2v) is 4.25. The van der Waals surface area contributed by atoms with Crippen molar-refractivity contribution in [3.05, 3.63) is 47.9 Å². The van der Waals surface area contributed by atoms with E-state index in [4.69, 9.17) is 0 Å². The van der Waals surface area contributed by atoms with Gasteiger partial charge in [0.2, 0.25) is 0 Å². The lowest BCUT2D eigenvalue weighted by atomic mass is 10.1. The average Bonchev–Trinajstić information content (AvgIpc) is 2.66. The number of aliphatic imine (C=N–C) groups is 1. The Morgan fingerprint density at radius 1 is 1.35 bits per heavy atom. The molecule has 2 aliphatic rings. The third-order valence-corrected chi connectivity index (χ3v) is 3.05. The summed E-state index contributed by atoms with van der Waals surface area (Å²) in [5, 5.41) is 3.11. The van der Waals surface area contributed by atoms with Crippen LogP contribution in [0.1, 0.15) is 12.5 Å². The summed E-state index contributed by atoms with van der Waals surface area (Å²) in [4.78, 5) is 18.0. The molecule has 1 N–H and O–H groups in total. The Morgan fingerprint density at radius 2 is 2.12 bits per heavy atom. The molecule has 4 heteroatoms. The van der Waals surface area contributed by atoms with E-state index in [1.807, 2.05) is 37.3 Å². The third kappa shape index (κ3) is 1.62. The second kappa shape index (κ2) is 3.73. The summed E-state index contributed by atoms with van der Waals surface area (Å²) in [6.07, 6.45) is 1.73. The quantitative estimate of drug-likeness (QED) is 0.781. The van der Waals surface area contributed by atoms with Crippen molar-refractivity contribution in [2.75, 3.05) is 6.54 Å². The van der Waals surface area contributed by atoms with Crippen LogP contribution in [0.5, 0.6) is 0 Å². The van der Waals surface area contributed by atoms with Gasteiger partial charge in [-0.2, -0.15) is 0 Å². The number of hydrogen-bond acceptors (Lipinski definition) is 3. The fourth-order valence-corrected chi connectivity index (χ4v) is 2.11. The monoisotopic (exact) mass is 227 g/mol. The van der Waals surface area contributed by atoms with E-state index in [0.717, 1.165) is 17.1 Å². The lowest BCUT2D eigenvalue weighted by Gasteiger charge is -2.21. The Bertz CT molecular complexity index is 519. The Labute approximate surface area is 99.7 Å². The topological polar surface area (TPSA) is 44.7 Å². The van der Waals surface area contributed by atoms with Gasteiger partial charge in [0, 0.05) is 0 Å². The highest BCUT2D eigenvalue weighted by molar-refractivity contribution is 6.05. The summed E-state index contributed by atoms with van der Waals surface area (Å²) in [7, 11) is 0. The molecule has 17 heavy (non-hydrogen) atoms. The fourth-order valence-electron chi connectivity index (χ4n) is 2.11. The molecule has 1 fully saturated rings. The van der Waals surface area contributed by atoms with Gasteiger partial charge in [-0.1, -0.05) is 30.3 Å². The standard InChI is InChI=1S/C13H13N3O/c1-9-13(17)16-8-11(14-7-12(16)15-9)10-5-3-2-4-6-10/h2-7,9,15H,8H2,1H3. The summed E-state index contributed by atoms with van der Waals surface area (Å²) in [5.74, 6) is 0.918. The van der Waals surface area contributed by atoms with Crippen LogP contribution in [0.2, 0.25) is 0 Å². The largest absolute Gasteiger partial charge is 0.359 e. The summed E-state index contributed by atoms with van der Waals surface area (Å²) in [6, 6.07) is 9.79. The normalized spacial score (nSPS) is 22.8. The van der Waals surface area contributed by atoms with Gasteiger partial charge in [0.05, 0.1) is 18.5 Å². The molecule has 0 aromatic heterocycles. The van der Waals surface area contributed by atoms with Crippen molar-refractivity contribution in [1.82, 2.24) is 10.2 Å². The number of amides is 1. The SMILES string of the molecule is CC1NC2=CN=C(c3ccccc3)CN2C1=O. The zero-order valence-corrected chi connectivity index (χ0v) is 9.55. The highest BCUT2D eigenvalue weighted by Crippen LogP contribution is 2.19. The van der Waals surface area contributed by atoms with Crippen LogP contribution in [-0.2, 0) is 4.79 Å². The van der Waals surface area contributed by atoms with Gasteiger partial charge in [-0.15, -0.1) is 0 Å². The Kier molecular flexibility index (Phi) is 2.21. The van der Waals surface area contributed by atoms with E-state index in [-0.39, 0.29) is 11.9 Å². The van der Waals surface area contributed by atoms with Crippen LogP contribution in [0.25, 0.3) is 0 Å². The van der Waals surface area contributed by atoms with Gasteiger partial charge in [-0.25, -0.2) is 0 Å². The Hall–Kier alpha value is -2.10. The van der Waals surface area contributed by atoms with Gasteiger partial charge in [-0.05, 0) is 12.5 Å². The molecule has 4 nitrogen and oxygen atoms in total. The maximum atomic E-state index is 11.9. The van der Waals surface area contributed by atoms with Crippen molar-refractivity contribution in [2.45, 2.75) is 13.0 Å². The van der Waals surface area contributed by atoms with Crippen LogP contribution >= 0.6 is 0 Å². The van der Waals surface area contributed by atoms with E-state index in [1.54, 1.807) is 11.1 Å². The van der Waals surface area contributed by atoms with E-state index in [9.17, 15) is 4.79 Å². The lowest BCUT2D eigenvalue weighted by molar-refractivity contribution is -0.127. The molecule has 3 rings (SSSR count). The van der Waals surface area contributed by atoms with Crippen molar-refractivity contribution in [1.29, 1.82) is 0 Å². The molecule has 1 aromatic carbocycles. The van der Waals surface area contributed by atoms with E-state index < -0.39 is 0 Å². The van der Waals surface area contributed by atoms with Crippen LogP contribution in [0, 0.1) is 0 Å². The van der Waals surface area contributed by atoms with Crippen LogP contribution < -0.4 is 5.32 Å². The molecule has 1 unspecified atom stereocenters. The summed E-state index contributed by atoms with van der Waals surface area (Å²) in [5.41, 5.74) is 1.99. The maximum Gasteiger partial charge on any atom is 0.250 e. The van der Waals surface area contributed by atoms with Gasteiger partial charge in [0.25, 0.3) is 5.91 Å². The zero-order valence-electron chi connectivity index (χ0n) is 9.55. The average molecular weight is 227 g/mol. The van der Waals surface area contributed by atoms with Crippen molar-refractivity contribution in [3.63, 3.8) is 0 Å². The number of hydrogen-bond donors (Lipinski definition) is 1. The summed E-state index contributed by atoms with van der Waals surface area (Å²) >= 11 is 0. The molecule has 2 heterocycles. The van der Waals surface area contributed by atoms with Crippen molar-refractivity contribution >= 4 is 11.6 Å². The molecule has 1 atom stereocenters. The maximum absolute atomic E-state index is 11.9. The second-order valence-electron chi connectivity index (χ2n) is 4.25. The van der Waals surface area contributed by atoms with Crippen molar-refractivity contribution in [3.8, 4) is 0 Å². The zero-order chi connectivity index (χ0) is 11.8. The number of nitrogens with zero attached hydrogens (tertiary/aromatic N) is 2. The van der Waals surface area contributed by atoms with Gasteiger partial charge in [0.1, 0.15) is 11.9 Å². The van der Waals surface area contributed by atoms with E-state index in [1.165, 1.54) is 0 Å². The third-order valence-electron chi connectivity index (χ3n) is 3.05. The highest BCUT2D eigenvalue weighted by atomic mass is 16.2. The molecule has 0 bridgehead atoms. The van der Waals surface area contributed by atoms with Gasteiger partial charge >= 0.3 is 0 Å². The first-order chi connectivity index (χ1) is 8.25. The predicted molar refractivity (Wildman–Crippen MR) is 65.4 cm³/mol. The van der Waals surface area contributed by atoms with Gasteiger partial charge in [-0.3, -0.25) is 14.7 Å². The van der Waals surface area contributed by atoms with E-state index >= 15 is 0 Å². The number of rotatable bonds is 1. The first-order valence-electron chi connectivity index (χ1n) is 5.66. The molecule has 0 saturated carbocycles. The molecule has 1 saturated heterocycles. The Morgan fingerprint density at radius 3 is 2.88 bits per heavy atom. The fraction of sp³-hybridized carbons (Fsp3) is 0.231. The van der Waals surface area contributed by atoms with Crippen LogP contribution in [-0.4, -0.2) is 29.1 Å². The number of benzene rings is 1. The molecule has 1 amide bonds. The Balaban J connectivity index is 1.92. The summed E-state index contributed by atoms with van der Waals surface area (Å²) < 4.78 is 0. The van der Waals surface area contributed by atoms with Gasteiger partial charge < -0.3 is 5.32 Å². The molecule has 0 spiro atoms. The van der Waals surface area contributed by atoms with Crippen molar-refractivity contribution < 1.29 is 4.79 Å². The predicted octanol–water partition coefficient (Wildman–Crippen LogP) is 1.11. The van der Waals surface area contributed by atoms with Crippen LogP contribution in [0.15, 0.2) is 47.3 Å². The molecule has 0 aliphatic carbocycles. The lowest BCUT2D eigenvalue weighted by Crippen LogP contribution is -2.34. The van der Waals surface area contributed by atoms with Crippen LogP contribution in [0.4, 0.5) is 0 Å². The van der Waals surface area contributed by atoms with Crippen LogP contribution in [0.3, 0.4) is 0 Å². The van der Waals surface area contributed by atoms with E-state index in [0.29, 0.717) is 6.54 Å². The minimum Gasteiger partial charge on any atom is -0.359 e. The minimum atomic E-state index is -0.147. The number of carbonyl (C=O) groups is 1. The number of carbonyl (C=O) groups excluding carboxylic acids is 1. The van der Waals surface area contributed by atoms with Gasteiger partial charge in [0.15, 0.2) is 0 Å². The number of fused-ring (bicyclic) bond motifs is 1. The van der Waals surface area contributed by atoms with E-state index in [2.05, 4.69) is 10.3 Å². The van der Waals surface area contributed by atoms with Crippen molar-refractivity contribution in [2.24, 2.45) is 4.99 Å². The minimum absolute atomic E-state index is 0.111.